The molecule has 2 aromatic carbocycles. The molecule has 7 heteroatoms. The van der Waals surface area contributed by atoms with Crippen LogP contribution in [0.1, 0.15) is 29.7 Å². The minimum Gasteiger partial charge on any atom is -0.491 e. The fourth-order valence-electron chi connectivity index (χ4n) is 3.08. The third-order valence-electron chi connectivity index (χ3n) is 4.42. The van der Waals surface area contributed by atoms with Gasteiger partial charge in [-0.3, -0.25) is 4.79 Å². The van der Waals surface area contributed by atoms with Crippen LogP contribution in [0.3, 0.4) is 0 Å². The molecule has 0 radical (unpaired) electrons. The molecule has 0 bridgehead atoms. The van der Waals surface area contributed by atoms with Crippen molar-refractivity contribution in [3.8, 4) is 5.75 Å². The van der Waals surface area contributed by atoms with Crippen LogP contribution in [0.25, 0.3) is 0 Å². The second-order valence-electron chi connectivity index (χ2n) is 6.35. The maximum absolute atomic E-state index is 13.9. The smallest absolute Gasteiger partial charge is 0.315 e. The Morgan fingerprint density at radius 2 is 2.07 bits per heavy atom. The second-order valence-corrected chi connectivity index (χ2v) is 6.35. The predicted molar refractivity (Wildman–Crippen MR) is 98.6 cm³/mol. The number of ether oxygens (including phenoxy) is 1. The summed E-state index contributed by atoms with van der Waals surface area (Å²) >= 11 is 0. The summed E-state index contributed by atoms with van der Waals surface area (Å²) in [6.07, 6.45) is 0. The molecular weight excluding hydrogens is 349 g/mol. The summed E-state index contributed by atoms with van der Waals surface area (Å²) in [6, 6.07) is 10.8. The molecular formula is C20H22FN3O3. The standard InChI is InChI=1S/C20H22FN3O3/c1-3-27-17-9-8-13(10-16(17)21)11-22-20(26)23-18-15-7-5-4-6-14(15)12-24(2)19(18)25/h4-10,18H,3,11-12H2,1-2H3,(H2,22,23,26). The molecule has 1 aliphatic rings. The minimum atomic E-state index is -0.739. The van der Waals surface area contributed by atoms with Gasteiger partial charge in [-0.15, -0.1) is 0 Å². The molecule has 0 saturated heterocycles. The number of rotatable bonds is 5. The van der Waals surface area contributed by atoms with E-state index in [1.165, 1.54) is 12.1 Å². The minimum absolute atomic E-state index is 0.132. The Kier molecular flexibility index (Phi) is 5.59. The fraction of sp³-hybridized carbons (Fsp3) is 0.300. The number of carbonyl (C=O) groups excluding carboxylic acids is 2. The molecule has 142 valence electrons. The molecule has 0 spiro atoms. The number of amides is 3. The summed E-state index contributed by atoms with van der Waals surface area (Å²) in [7, 11) is 1.70. The van der Waals surface area contributed by atoms with Gasteiger partial charge in [0.2, 0.25) is 5.91 Å². The van der Waals surface area contributed by atoms with Crippen molar-refractivity contribution >= 4 is 11.9 Å². The van der Waals surface area contributed by atoms with Crippen molar-refractivity contribution < 1.29 is 18.7 Å². The Morgan fingerprint density at radius 1 is 1.30 bits per heavy atom. The van der Waals surface area contributed by atoms with E-state index in [2.05, 4.69) is 10.6 Å². The number of likely N-dealkylation sites (N-methyl/N-ethyl adjacent to an activating group) is 1. The average Bonchev–Trinajstić information content (AvgIpc) is 2.66. The van der Waals surface area contributed by atoms with E-state index < -0.39 is 17.9 Å². The van der Waals surface area contributed by atoms with Gasteiger partial charge in [0.05, 0.1) is 6.61 Å². The molecule has 0 saturated carbocycles. The zero-order valence-corrected chi connectivity index (χ0v) is 15.3. The van der Waals surface area contributed by atoms with E-state index in [1.54, 1.807) is 24.9 Å². The van der Waals surface area contributed by atoms with Gasteiger partial charge < -0.3 is 20.3 Å². The first kappa shape index (κ1) is 18.7. The monoisotopic (exact) mass is 371 g/mol. The molecule has 1 unspecified atom stereocenters. The van der Waals surface area contributed by atoms with E-state index in [4.69, 9.17) is 4.74 Å². The van der Waals surface area contributed by atoms with Crippen LogP contribution in [0.2, 0.25) is 0 Å². The molecule has 1 atom stereocenters. The van der Waals surface area contributed by atoms with Crippen LogP contribution in [-0.2, 0) is 17.9 Å². The van der Waals surface area contributed by atoms with Crippen LogP contribution in [0.5, 0.6) is 5.75 Å². The number of halogens is 1. The molecule has 1 aliphatic heterocycles. The van der Waals surface area contributed by atoms with Gasteiger partial charge in [0.1, 0.15) is 6.04 Å². The molecule has 3 amide bonds. The van der Waals surface area contributed by atoms with Gasteiger partial charge in [-0.2, -0.15) is 0 Å². The number of hydrogen-bond donors (Lipinski definition) is 2. The number of nitrogens with one attached hydrogen (secondary N) is 2. The maximum Gasteiger partial charge on any atom is 0.315 e. The van der Waals surface area contributed by atoms with E-state index in [9.17, 15) is 14.0 Å². The Hall–Kier alpha value is -3.09. The summed E-state index contributed by atoms with van der Waals surface area (Å²) in [5.74, 6) is -0.469. The number of nitrogens with zero attached hydrogens (tertiary/aromatic N) is 1. The van der Waals surface area contributed by atoms with Crippen molar-refractivity contribution in [3.05, 3.63) is 65.0 Å². The van der Waals surface area contributed by atoms with Crippen LogP contribution in [0.4, 0.5) is 9.18 Å². The molecule has 6 nitrogen and oxygen atoms in total. The number of fused-ring (bicyclic) bond motifs is 1. The summed E-state index contributed by atoms with van der Waals surface area (Å²) < 4.78 is 19.0. The zero-order chi connectivity index (χ0) is 19.4. The largest absolute Gasteiger partial charge is 0.491 e. The molecule has 0 fully saturated rings. The third kappa shape index (κ3) is 4.19. The molecule has 0 aromatic heterocycles. The summed E-state index contributed by atoms with van der Waals surface area (Å²) in [4.78, 5) is 26.3. The lowest BCUT2D eigenvalue weighted by Crippen LogP contribution is -2.47. The highest BCUT2D eigenvalue weighted by Gasteiger charge is 2.32. The Labute approximate surface area is 157 Å². The first-order valence-corrected chi connectivity index (χ1v) is 8.78. The van der Waals surface area contributed by atoms with E-state index in [1.807, 2.05) is 24.3 Å². The quantitative estimate of drug-likeness (QED) is 0.849. The molecule has 2 aromatic rings. The van der Waals surface area contributed by atoms with Gasteiger partial charge in [-0.1, -0.05) is 30.3 Å². The molecule has 0 aliphatic carbocycles. The van der Waals surface area contributed by atoms with Crippen molar-refractivity contribution in [1.29, 1.82) is 0 Å². The van der Waals surface area contributed by atoms with Gasteiger partial charge in [0.25, 0.3) is 0 Å². The van der Waals surface area contributed by atoms with Crippen molar-refractivity contribution in [2.24, 2.45) is 0 Å². The molecule has 2 N–H and O–H groups in total. The highest BCUT2D eigenvalue weighted by atomic mass is 19.1. The third-order valence-corrected chi connectivity index (χ3v) is 4.42. The number of carbonyl (C=O) groups is 2. The van der Waals surface area contributed by atoms with Gasteiger partial charge >= 0.3 is 6.03 Å². The van der Waals surface area contributed by atoms with E-state index >= 15 is 0 Å². The zero-order valence-electron chi connectivity index (χ0n) is 15.3. The van der Waals surface area contributed by atoms with E-state index in [0.717, 1.165) is 11.1 Å². The number of hydrogen-bond acceptors (Lipinski definition) is 3. The summed E-state index contributed by atoms with van der Waals surface area (Å²) in [5.41, 5.74) is 2.39. The van der Waals surface area contributed by atoms with Gasteiger partial charge in [0.15, 0.2) is 11.6 Å². The van der Waals surface area contributed by atoms with E-state index in [-0.39, 0.29) is 18.2 Å². The SMILES string of the molecule is CCOc1ccc(CNC(=O)NC2C(=O)N(C)Cc3ccccc32)cc1F. The summed E-state index contributed by atoms with van der Waals surface area (Å²) in [5, 5.41) is 5.37. The average molecular weight is 371 g/mol. The topological polar surface area (TPSA) is 70.7 Å². The lowest BCUT2D eigenvalue weighted by atomic mass is 9.95. The Morgan fingerprint density at radius 3 is 2.81 bits per heavy atom. The molecule has 27 heavy (non-hydrogen) atoms. The first-order chi connectivity index (χ1) is 13.0. The van der Waals surface area contributed by atoms with Crippen LogP contribution < -0.4 is 15.4 Å². The lowest BCUT2D eigenvalue weighted by Gasteiger charge is -2.32. The van der Waals surface area contributed by atoms with Crippen LogP contribution in [0.15, 0.2) is 42.5 Å². The molecule has 1 heterocycles. The lowest BCUT2D eigenvalue weighted by molar-refractivity contribution is -0.133. The number of urea groups is 1. The van der Waals surface area contributed by atoms with Gasteiger partial charge in [-0.25, -0.2) is 9.18 Å². The Bertz CT molecular complexity index is 856. The van der Waals surface area contributed by atoms with Crippen molar-refractivity contribution in [1.82, 2.24) is 15.5 Å². The molecule has 3 rings (SSSR count). The van der Waals surface area contributed by atoms with Crippen LogP contribution >= 0.6 is 0 Å². The van der Waals surface area contributed by atoms with Gasteiger partial charge in [0, 0.05) is 20.1 Å². The normalized spacial score (nSPS) is 15.9. The highest BCUT2D eigenvalue weighted by Crippen LogP contribution is 2.26. The van der Waals surface area contributed by atoms with E-state index in [0.29, 0.717) is 18.7 Å². The first-order valence-electron chi connectivity index (χ1n) is 8.78. The maximum atomic E-state index is 13.9. The predicted octanol–water partition coefficient (Wildman–Crippen LogP) is 2.74. The summed E-state index contributed by atoms with van der Waals surface area (Å²) in [6.45, 7) is 2.80. The highest BCUT2D eigenvalue weighted by molar-refractivity contribution is 5.89. The van der Waals surface area contributed by atoms with Crippen LogP contribution in [0, 0.1) is 5.82 Å². The van der Waals surface area contributed by atoms with Gasteiger partial charge in [-0.05, 0) is 35.7 Å². The van der Waals surface area contributed by atoms with Crippen molar-refractivity contribution in [2.45, 2.75) is 26.1 Å². The van der Waals surface area contributed by atoms with Crippen molar-refractivity contribution in [3.63, 3.8) is 0 Å². The Balaban J connectivity index is 1.64. The number of benzene rings is 2. The fourth-order valence-corrected chi connectivity index (χ4v) is 3.08. The van der Waals surface area contributed by atoms with Crippen LogP contribution in [-0.4, -0.2) is 30.5 Å². The van der Waals surface area contributed by atoms with Crippen molar-refractivity contribution in [2.75, 3.05) is 13.7 Å². The second kappa shape index (κ2) is 8.07.